The Morgan fingerprint density at radius 1 is 1.25 bits per heavy atom. The van der Waals surface area contributed by atoms with Crippen LogP contribution in [0.5, 0.6) is 0 Å². The first-order valence-electron chi connectivity index (χ1n) is 5.75. The molecule has 1 aromatic rings. The molecule has 3 heteroatoms. The molecule has 90 valence electrons. The van der Waals surface area contributed by atoms with Crippen molar-refractivity contribution in [2.45, 2.75) is 32.9 Å². The van der Waals surface area contributed by atoms with Crippen LogP contribution < -0.4 is 5.32 Å². The van der Waals surface area contributed by atoms with E-state index in [0.29, 0.717) is 6.10 Å². The molecular formula is C13H20BrNO. The van der Waals surface area contributed by atoms with Gasteiger partial charge < -0.3 is 10.1 Å². The van der Waals surface area contributed by atoms with E-state index in [2.05, 4.69) is 59.4 Å². The standard InChI is InChI=1S/C13H20BrNO/c1-11(2)16-9-3-8-15-10-12-4-6-13(14)7-5-12/h4-7,11,15H,3,8-10H2,1-2H3. The SMILES string of the molecule is CC(C)OCCCNCc1ccc(Br)cc1. The topological polar surface area (TPSA) is 21.3 Å². The molecule has 0 atom stereocenters. The second-order valence-corrected chi connectivity index (χ2v) is 4.99. The Morgan fingerprint density at radius 3 is 2.56 bits per heavy atom. The van der Waals surface area contributed by atoms with Crippen molar-refractivity contribution in [3.63, 3.8) is 0 Å². The first kappa shape index (κ1) is 13.7. The van der Waals surface area contributed by atoms with Crippen LogP contribution in [-0.2, 0) is 11.3 Å². The van der Waals surface area contributed by atoms with Crippen LogP contribution in [0.2, 0.25) is 0 Å². The van der Waals surface area contributed by atoms with Gasteiger partial charge >= 0.3 is 0 Å². The molecule has 1 N–H and O–H groups in total. The van der Waals surface area contributed by atoms with Crippen molar-refractivity contribution in [3.05, 3.63) is 34.3 Å². The zero-order valence-corrected chi connectivity index (χ0v) is 11.6. The summed E-state index contributed by atoms with van der Waals surface area (Å²) in [6.45, 7) is 6.90. The molecule has 0 aromatic heterocycles. The molecule has 2 nitrogen and oxygen atoms in total. The third-order valence-electron chi connectivity index (χ3n) is 2.19. The highest BCUT2D eigenvalue weighted by atomic mass is 79.9. The third-order valence-corrected chi connectivity index (χ3v) is 2.72. The van der Waals surface area contributed by atoms with Crippen LogP contribution in [-0.4, -0.2) is 19.3 Å². The number of halogens is 1. The quantitative estimate of drug-likeness (QED) is 0.776. The molecule has 0 saturated heterocycles. The Morgan fingerprint density at radius 2 is 1.94 bits per heavy atom. The van der Waals surface area contributed by atoms with Gasteiger partial charge in [-0.15, -0.1) is 0 Å². The molecule has 1 rings (SSSR count). The molecule has 0 aliphatic carbocycles. The summed E-state index contributed by atoms with van der Waals surface area (Å²) < 4.78 is 6.59. The fraction of sp³-hybridized carbons (Fsp3) is 0.538. The first-order chi connectivity index (χ1) is 7.68. The van der Waals surface area contributed by atoms with Gasteiger partial charge in [-0.1, -0.05) is 28.1 Å². The Bertz CT molecular complexity index is 284. The van der Waals surface area contributed by atoms with Gasteiger partial charge in [0.25, 0.3) is 0 Å². The zero-order valence-electron chi connectivity index (χ0n) is 10.0. The molecular weight excluding hydrogens is 266 g/mol. The van der Waals surface area contributed by atoms with Crippen molar-refractivity contribution >= 4 is 15.9 Å². The maximum atomic E-state index is 5.46. The minimum absolute atomic E-state index is 0.339. The molecule has 1 aromatic carbocycles. The number of hydrogen-bond donors (Lipinski definition) is 1. The lowest BCUT2D eigenvalue weighted by Crippen LogP contribution is -2.17. The molecule has 0 aliphatic rings. The number of ether oxygens (including phenoxy) is 1. The van der Waals surface area contributed by atoms with Gasteiger partial charge in [0, 0.05) is 17.6 Å². The van der Waals surface area contributed by atoms with Gasteiger partial charge in [-0.3, -0.25) is 0 Å². The highest BCUT2D eigenvalue weighted by Gasteiger charge is 1.94. The van der Waals surface area contributed by atoms with Crippen LogP contribution in [0.3, 0.4) is 0 Å². The van der Waals surface area contributed by atoms with E-state index in [9.17, 15) is 0 Å². The monoisotopic (exact) mass is 285 g/mol. The predicted molar refractivity (Wildman–Crippen MR) is 71.6 cm³/mol. The maximum Gasteiger partial charge on any atom is 0.0518 e. The third kappa shape index (κ3) is 6.26. The van der Waals surface area contributed by atoms with Crippen molar-refractivity contribution < 1.29 is 4.74 Å². The van der Waals surface area contributed by atoms with Crippen molar-refractivity contribution in [3.8, 4) is 0 Å². The molecule has 0 radical (unpaired) electrons. The molecule has 0 fully saturated rings. The highest BCUT2D eigenvalue weighted by Crippen LogP contribution is 2.10. The average molecular weight is 286 g/mol. The van der Waals surface area contributed by atoms with Gasteiger partial charge in [0.15, 0.2) is 0 Å². The minimum Gasteiger partial charge on any atom is -0.379 e. The summed E-state index contributed by atoms with van der Waals surface area (Å²) in [7, 11) is 0. The second kappa shape index (κ2) is 7.82. The lowest BCUT2D eigenvalue weighted by molar-refractivity contribution is 0.0770. The summed E-state index contributed by atoms with van der Waals surface area (Å²) in [6, 6.07) is 8.39. The van der Waals surface area contributed by atoms with Crippen LogP contribution in [0.1, 0.15) is 25.8 Å². The molecule has 0 bridgehead atoms. The predicted octanol–water partition coefficient (Wildman–Crippen LogP) is 3.35. The largest absolute Gasteiger partial charge is 0.379 e. The summed E-state index contributed by atoms with van der Waals surface area (Å²) in [4.78, 5) is 0. The van der Waals surface area contributed by atoms with Crippen LogP contribution in [0.4, 0.5) is 0 Å². The van der Waals surface area contributed by atoms with Gasteiger partial charge in [-0.05, 0) is 44.5 Å². The lowest BCUT2D eigenvalue weighted by atomic mass is 10.2. The van der Waals surface area contributed by atoms with Crippen LogP contribution in [0, 0.1) is 0 Å². The maximum absolute atomic E-state index is 5.46. The Balaban J connectivity index is 2.05. The molecule has 0 heterocycles. The van der Waals surface area contributed by atoms with Gasteiger partial charge in [0.1, 0.15) is 0 Å². The van der Waals surface area contributed by atoms with E-state index in [4.69, 9.17) is 4.74 Å². The van der Waals surface area contributed by atoms with Crippen molar-refractivity contribution in [2.24, 2.45) is 0 Å². The summed E-state index contributed by atoms with van der Waals surface area (Å²) in [5.74, 6) is 0. The summed E-state index contributed by atoms with van der Waals surface area (Å²) >= 11 is 3.42. The van der Waals surface area contributed by atoms with E-state index in [1.165, 1.54) is 5.56 Å². The van der Waals surface area contributed by atoms with Crippen LogP contribution in [0.15, 0.2) is 28.7 Å². The van der Waals surface area contributed by atoms with E-state index in [1.54, 1.807) is 0 Å². The van der Waals surface area contributed by atoms with E-state index in [0.717, 1.165) is 30.6 Å². The Hall–Kier alpha value is -0.380. The minimum atomic E-state index is 0.339. The first-order valence-corrected chi connectivity index (χ1v) is 6.54. The molecule has 0 spiro atoms. The van der Waals surface area contributed by atoms with Crippen molar-refractivity contribution in [1.82, 2.24) is 5.32 Å². The van der Waals surface area contributed by atoms with Crippen LogP contribution in [0.25, 0.3) is 0 Å². The number of rotatable bonds is 7. The molecule has 0 amide bonds. The fourth-order valence-corrected chi connectivity index (χ4v) is 1.62. The molecule has 16 heavy (non-hydrogen) atoms. The van der Waals surface area contributed by atoms with E-state index in [-0.39, 0.29) is 0 Å². The van der Waals surface area contributed by atoms with E-state index in [1.807, 2.05) is 0 Å². The summed E-state index contributed by atoms with van der Waals surface area (Å²) in [5, 5.41) is 3.40. The Labute approximate surface area is 107 Å². The summed E-state index contributed by atoms with van der Waals surface area (Å²) in [6.07, 6.45) is 1.40. The second-order valence-electron chi connectivity index (χ2n) is 4.08. The normalized spacial score (nSPS) is 11.0. The molecule has 0 aliphatic heterocycles. The van der Waals surface area contributed by atoms with Gasteiger partial charge in [-0.25, -0.2) is 0 Å². The van der Waals surface area contributed by atoms with Gasteiger partial charge in [0.2, 0.25) is 0 Å². The fourth-order valence-electron chi connectivity index (χ4n) is 1.35. The van der Waals surface area contributed by atoms with E-state index < -0.39 is 0 Å². The molecule has 0 unspecified atom stereocenters. The van der Waals surface area contributed by atoms with Crippen LogP contribution >= 0.6 is 15.9 Å². The zero-order chi connectivity index (χ0) is 11.8. The average Bonchev–Trinajstić information content (AvgIpc) is 2.25. The smallest absolute Gasteiger partial charge is 0.0518 e. The van der Waals surface area contributed by atoms with Crippen molar-refractivity contribution in [1.29, 1.82) is 0 Å². The van der Waals surface area contributed by atoms with Gasteiger partial charge in [0.05, 0.1) is 6.10 Å². The highest BCUT2D eigenvalue weighted by molar-refractivity contribution is 9.10. The summed E-state index contributed by atoms with van der Waals surface area (Å²) in [5.41, 5.74) is 1.31. The number of benzene rings is 1. The van der Waals surface area contributed by atoms with Crippen molar-refractivity contribution in [2.75, 3.05) is 13.2 Å². The molecule has 0 saturated carbocycles. The Kier molecular flexibility index (Phi) is 6.69. The van der Waals surface area contributed by atoms with Gasteiger partial charge in [-0.2, -0.15) is 0 Å². The van der Waals surface area contributed by atoms with E-state index >= 15 is 0 Å². The lowest BCUT2D eigenvalue weighted by Gasteiger charge is -2.08. The number of nitrogens with one attached hydrogen (secondary N) is 1. The number of hydrogen-bond acceptors (Lipinski definition) is 2.